The standard InChI is InChI=1S/C22H20BrClN2O6S3/c1-2-13(9-20-26(12-21(27)28)16-11-18(24)33-22(16)34-20)8-19-25(6-3-7-35(29,30)31)15-10-14(23)4-5-17(15)32-19/h4-5,8-11H,2-3,6-7,12H2,1H3,(H-,27,28,29,30,31). The largest absolute Gasteiger partial charge is 0.748 e. The van der Waals surface area contributed by atoms with Gasteiger partial charge in [0, 0.05) is 35.0 Å². The number of aliphatic carboxylic acids is 1. The molecule has 186 valence electrons. The molecule has 0 aliphatic carbocycles. The number of halogens is 2. The average Bonchev–Trinajstić information content (AvgIpc) is 3.38. The van der Waals surface area contributed by atoms with Crippen molar-refractivity contribution in [3.63, 3.8) is 0 Å². The summed E-state index contributed by atoms with van der Waals surface area (Å²) in [7, 11) is -4.33. The first-order valence-electron chi connectivity index (χ1n) is 10.5. The molecular weight excluding hydrogens is 600 g/mol. The molecule has 3 aromatic rings. The molecule has 0 amide bonds. The Hall–Kier alpha value is -1.96. The lowest BCUT2D eigenvalue weighted by Gasteiger charge is -2.19. The number of aromatic nitrogens is 1. The van der Waals surface area contributed by atoms with Crippen molar-refractivity contribution in [1.29, 1.82) is 0 Å². The molecule has 2 aromatic heterocycles. The van der Waals surface area contributed by atoms with Crippen molar-refractivity contribution in [2.75, 3.05) is 17.2 Å². The van der Waals surface area contributed by atoms with E-state index in [0.29, 0.717) is 22.4 Å². The molecule has 0 saturated heterocycles. The highest BCUT2D eigenvalue weighted by Crippen LogP contribution is 2.41. The van der Waals surface area contributed by atoms with Crippen molar-refractivity contribution in [1.82, 2.24) is 0 Å². The summed E-state index contributed by atoms with van der Waals surface area (Å²) in [5.74, 6) is -0.309. The van der Waals surface area contributed by atoms with Gasteiger partial charge in [0.05, 0.1) is 15.8 Å². The maximum Gasteiger partial charge on any atom is 0.370 e. The molecule has 0 unspecified atom stereocenters. The summed E-state index contributed by atoms with van der Waals surface area (Å²) in [6, 6.07) is 7.29. The number of benzene rings is 1. The van der Waals surface area contributed by atoms with Gasteiger partial charge in [0.2, 0.25) is 17.9 Å². The van der Waals surface area contributed by atoms with Crippen molar-refractivity contribution in [3.05, 3.63) is 55.6 Å². The van der Waals surface area contributed by atoms with Gasteiger partial charge in [0.1, 0.15) is 4.34 Å². The van der Waals surface area contributed by atoms with Crippen LogP contribution in [-0.2, 0) is 21.5 Å². The maximum atomic E-state index is 11.5. The van der Waals surface area contributed by atoms with Gasteiger partial charge in [-0.2, -0.15) is 4.57 Å². The lowest BCUT2D eigenvalue weighted by Crippen LogP contribution is -2.39. The number of nitrogens with zero attached hydrogens (tertiary/aromatic N) is 2. The fraction of sp³-hybridized carbons (Fsp3) is 0.273. The summed E-state index contributed by atoms with van der Waals surface area (Å²) in [4.78, 5) is 13.3. The van der Waals surface area contributed by atoms with E-state index in [2.05, 4.69) is 15.9 Å². The van der Waals surface area contributed by atoms with Gasteiger partial charge in [-0.1, -0.05) is 45.8 Å². The van der Waals surface area contributed by atoms with Gasteiger partial charge >= 0.3 is 5.97 Å². The number of ether oxygens (including phenoxy) is 1. The molecule has 0 saturated carbocycles. The summed E-state index contributed by atoms with van der Waals surface area (Å²) in [6.45, 7) is 2.06. The fourth-order valence-corrected chi connectivity index (χ4v) is 7.21. The summed E-state index contributed by atoms with van der Waals surface area (Å²) in [6.07, 6.45) is 4.55. The molecule has 1 aliphatic rings. The first kappa shape index (κ1) is 26.1. The van der Waals surface area contributed by atoms with Crippen molar-refractivity contribution in [2.24, 2.45) is 0 Å². The minimum Gasteiger partial charge on any atom is -0.748 e. The highest BCUT2D eigenvalue weighted by molar-refractivity contribution is 9.10. The van der Waals surface area contributed by atoms with Gasteiger partial charge in [0.15, 0.2) is 9.76 Å². The van der Waals surface area contributed by atoms with E-state index >= 15 is 0 Å². The molecule has 13 heteroatoms. The SMILES string of the molecule is CCC(=Cc1sc2sc(Cl)cc2[n+]1CC(=O)O)C=C1Oc2ccc(Br)cc2N1CCCS(=O)(=O)[O-]. The van der Waals surface area contributed by atoms with E-state index in [1.165, 1.54) is 22.7 Å². The number of anilines is 1. The summed E-state index contributed by atoms with van der Waals surface area (Å²) >= 11 is 12.4. The maximum absolute atomic E-state index is 11.5. The highest BCUT2D eigenvalue weighted by atomic mass is 79.9. The van der Waals surface area contributed by atoms with Crippen molar-refractivity contribution in [3.8, 4) is 5.75 Å². The van der Waals surface area contributed by atoms with Crippen molar-refractivity contribution < 1.29 is 32.2 Å². The average molecular weight is 620 g/mol. The molecule has 0 atom stereocenters. The number of rotatable bonds is 9. The Bertz CT molecular complexity index is 1460. The zero-order valence-electron chi connectivity index (χ0n) is 18.4. The number of thiophene rings is 1. The van der Waals surface area contributed by atoms with Gasteiger partial charge in [-0.05, 0) is 36.6 Å². The van der Waals surface area contributed by atoms with Crippen LogP contribution in [0.5, 0.6) is 5.75 Å². The van der Waals surface area contributed by atoms with Crippen molar-refractivity contribution >= 4 is 87.6 Å². The van der Waals surface area contributed by atoms with E-state index < -0.39 is 21.8 Å². The summed E-state index contributed by atoms with van der Waals surface area (Å²) in [5.41, 5.74) is 2.42. The zero-order chi connectivity index (χ0) is 25.3. The van der Waals surface area contributed by atoms with E-state index in [0.717, 1.165) is 30.3 Å². The van der Waals surface area contributed by atoms with Crippen LogP contribution in [0, 0.1) is 0 Å². The van der Waals surface area contributed by atoms with Crippen LogP contribution < -0.4 is 14.2 Å². The number of thiazole rings is 1. The highest BCUT2D eigenvalue weighted by Gasteiger charge is 2.28. The third-order valence-electron chi connectivity index (χ3n) is 5.19. The lowest BCUT2D eigenvalue weighted by molar-refractivity contribution is -0.657. The number of hydrogen-bond donors (Lipinski definition) is 1. The fourth-order valence-electron chi connectivity index (χ4n) is 3.65. The normalized spacial score (nSPS) is 15.1. The van der Waals surface area contributed by atoms with Crippen LogP contribution in [0.1, 0.15) is 24.8 Å². The van der Waals surface area contributed by atoms with Gasteiger partial charge in [-0.15, -0.1) is 11.3 Å². The van der Waals surface area contributed by atoms with E-state index in [1.54, 1.807) is 10.6 Å². The Labute approximate surface area is 223 Å². The van der Waals surface area contributed by atoms with Gasteiger partial charge in [0.25, 0.3) is 5.01 Å². The molecule has 3 heterocycles. The first-order valence-corrected chi connectivity index (χ1v) is 14.9. The Morgan fingerprint density at radius 3 is 2.80 bits per heavy atom. The number of fused-ring (bicyclic) bond motifs is 2. The van der Waals surface area contributed by atoms with Gasteiger partial charge < -0.3 is 19.3 Å². The van der Waals surface area contributed by atoms with Crippen LogP contribution in [0.4, 0.5) is 5.69 Å². The molecule has 1 aromatic carbocycles. The molecule has 1 N–H and O–H groups in total. The second kappa shape index (κ2) is 10.6. The number of hydrogen-bond acceptors (Lipinski definition) is 8. The molecule has 0 bridgehead atoms. The number of carboxylic acids is 1. The van der Waals surface area contributed by atoms with Crippen LogP contribution in [0.2, 0.25) is 4.34 Å². The van der Waals surface area contributed by atoms with Crippen LogP contribution in [-0.4, -0.2) is 36.3 Å². The summed E-state index contributed by atoms with van der Waals surface area (Å²) < 4.78 is 43.5. The van der Waals surface area contributed by atoms with Crippen LogP contribution in [0.3, 0.4) is 0 Å². The molecule has 8 nitrogen and oxygen atoms in total. The number of carbonyl (C=O) groups is 1. The van der Waals surface area contributed by atoms with E-state index in [1.807, 2.05) is 42.2 Å². The molecule has 0 radical (unpaired) electrons. The molecule has 4 rings (SSSR count). The third-order valence-corrected chi connectivity index (χ3v) is 8.96. The Kier molecular flexibility index (Phi) is 7.89. The zero-order valence-corrected chi connectivity index (χ0v) is 23.2. The number of allylic oxidation sites excluding steroid dienone is 2. The Morgan fingerprint density at radius 1 is 1.34 bits per heavy atom. The Balaban J connectivity index is 1.71. The minimum atomic E-state index is -4.33. The minimum absolute atomic E-state index is 0.143. The van der Waals surface area contributed by atoms with E-state index in [4.69, 9.17) is 16.3 Å². The van der Waals surface area contributed by atoms with Gasteiger partial charge in [-0.3, -0.25) is 0 Å². The molecule has 0 fully saturated rings. The van der Waals surface area contributed by atoms with Crippen LogP contribution in [0.15, 0.2) is 46.3 Å². The van der Waals surface area contributed by atoms with Crippen LogP contribution in [0.25, 0.3) is 15.6 Å². The van der Waals surface area contributed by atoms with Crippen molar-refractivity contribution in [2.45, 2.75) is 26.3 Å². The van der Waals surface area contributed by atoms with E-state index in [9.17, 15) is 22.9 Å². The molecule has 0 spiro atoms. The predicted molar refractivity (Wildman–Crippen MR) is 140 cm³/mol. The third kappa shape index (κ3) is 6.25. The first-order chi connectivity index (χ1) is 16.5. The monoisotopic (exact) mass is 618 g/mol. The van der Waals surface area contributed by atoms with E-state index in [-0.39, 0.29) is 19.5 Å². The predicted octanol–water partition coefficient (Wildman–Crippen LogP) is 5.22. The topological polar surface area (TPSA) is 111 Å². The molecule has 35 heavy (non-hydrogen) atoms. The van der Waals surface area contributed by atoms with Gasteiger partial charge in [-0.25, -0.2) is 13.2 Å². The van der Waals surface area contributed by atoms with Crippen LogP contribution >= 0.6 is 50.2 Å². The number of carboxylic acid groups (broad SMARTS) is 1. The Morgan fingerprint density at radius 2 is 2.11 bits per heavy atom. The molecule has 1 aliphatic heterocycles. The second-order valence-electron chi connectivity index (χ2n) is 7.68. The summed E-state index contributed by atoms with van der Waals surface area (Å²) in [5, 5.41) is 10.2. The second-order valence-corrected chi connectivity index (χ2v) is 13.1. The smallest absolute Gasteiger partial charge is 0.370 e. The molecular formula is C22H20BrClN2O6S3. The lowest BCUT2D eigenvalue weighted by atomic mass is 10.2. The quantitative estimate of drug-likeness (QED) is 0.258.